The average Bonchev–Trinajstić information content (AvgIpc) is 2.87. The van der Waals surface area contributed by atoms with Crippen LogP contribution in [-0.4, -0.2) is 54.0 Å². The summed E-state index contributed by atoms with van der Waals surface area (Å²) in [6.07, 6.45) is 3.43. The van der Waals surface area contributed by atoms with Gasteiger partial charge in [0.05, 0.1) is 30.1 Å². The van der Waals surface area contributed by atoms with E-state index in [9.17, 15) is 0 Å². The van der Waals surface area contributed by atoms with Crippen molar-refractivity contribution in [3.8, 4) is 11.8 Å². The Bertz CT molecular complexity index is 646. The van der Waals surface area contributed by atoms with Gasteiger partial charge in [-0.2, -0.15) is 10.4 Å². The lowest BCUT2D eigenvalue weighted by Crippen LogP contribution is -2.42. The second-order valence-electron chi connectivity index (χ2n) is 4.93. The second kappa shape index (κ2) is 5.49. The van der Waals surface area contributed by atoms with Gasteiger partial charge in [0.2, 0.25) is 0 Å². The van der Waals surface area contributed by atoms with Crippen molar-refractivity contribution >= 4 is 5.52 Å². The zero-order valence-corrected chi connectivity index (χ0v) is 11.3. The number of pyridine rings is 1. The van der Waals surface area contributed by atoms with Crippen LogP contribution in [0, 0.1) is 11.3 Å². The van der Waals surface area contributed by atoms with Crippen LogP contribution in [0.3, 0.4) is 0 Å². The zero-order valence-electron chi connectivity index (χ0n) is 11.3. The highest BCUT2D eigenvalue weighted by Gasteiger charge is 2.18. The van der Waals surface area contributed by atoms with E-state index in [1.807, 2.05) is 12.1 Å². The molecule has 0 radical (unpaired) electrons. The number of aromatic nitrogens is 2. The average molecular weight is 272 g/mol. The van der Waals surface area contributed by atoms with E-state index in [2.05, 4.69) is 23.1 Å². The molecule has 1 atom stereocenters. The number of hydrogen-bond donors (Lipinski definition) is 0. The molecule has 6 nitrogen and oxygen atoms in total. The van der Waals surface area contributed by atoms with Crippen LogP contribution in [0.5, 0.6) is 5.75 Å². The Hall–Kier alpha value is -2.10. The highest BCUT2D eigenvalue weighted by Crippen LogP contribution is 2.16. The molecule has 0 aliphatic carbocycles. The molecule has 104 valence electrons. The van der Waals surface area contributed by atoms with Gasteiger partial charge < -0.3 is 14.4 Å². The molecule has 1 aliphatic rings. The Morgan fingerprint density at radius 2 is 2.45 bits per heavy atom. The summed E-state index contributed by atoms with van der Waals surface area (Å²) in [7, 11) is 2.08. The maximum atomic E-state index is 8.94. The number of likely N-dealkylation sites (N-methyl/N-ethyl adjacent to an activating group) is 1. The number of rotatable bonds is 3. The first kappa shape index (κ1) is 12.9. The number of ether oxygens (including phenoxy) is 2. The lowest BCUT2D eigenvalue weighted by atomic mass is 10.3. The molecule has 2 aromatic rings. The largest absolute Gasteiger partial charge is 0.489 e. The molecule has 1 saturated heterocycles. The molecule has 0 bridgehead atoms. The van der Waals surface area contributed by atoms with Crippen LogP contribution in [0.2, 0.25) is 0 Å². The molecule has 6 heteroatoms. The summed E-state index contributed by atoms with van der Waals surface area (Å²) >= 11 is 0. The summed E-state index contributed by atoms with van der Waals surface area (Å²) in [6.45, 7) is 3.10. The summed E-state index contributed by atoms with van der Waals surface area (Å²) in [5, 5.41) is 13.1. The van der Waals surface area contributed by atoms with Crippen molar-refractivity contribution in [2.45, 2.75) is 6.10 Å². The fourth-order valence-corrected chi connectivity index (χ4v) is 2.29. The summed E-state index contributed by atoms with van der Waals surface area (Å²) in [6, 6.07) is 5.80. The first-order chi connectivity index (χ1) is 9.76. The first-order valence-electron chi connectivity index (χ1n) is 6.56. The molecular formula is C14H16N4O2. The molecule has 3 rings (SSSR count). The van der Waals surface area contributed by atoms with Crippen molar-refractivity contribution in [2.24, 2.45) is 0 Å². The molecule has 1 aliphatic heterocycles. The highest BCUT2D eigenvalue weighted by molar-refractivity contribution is 5.60. The molecule has 0 unspecified atom stereocenters. The summed E-state index contributed by atoms with van der Waals surface area (Å²) in [4.78, 5) is 2.23. The maximum Gasteiger partial charge on any atom is 0.137 e. The van der Waals surface area contributed by atoms with Gasteiger partial charge in [-0.25, -0.2) is 4.52 Å². The molecule has 0 aromatic carbocycles. The predicted molar refractivity (Wildman–Crippen MR) is 72.6 cm³/mol. The number of hydrogen-bond acceptors (Lipinski definition) is 5. The Morgan fingerprint density at radius 1 is 1.55 bits per heavy atom. The van der Waals surface area contributed by atoms with Gasteiger partial charge in [-0.05, 0) is 19.2 Å². The van der Waals surface area contributed by atoms with E-state index in [4.69, 9.17) is 14.7 Å². The zero-order chi connectivity index (χ0) is 13.9. The lowest BCUT2D eigenvalue weighted by molar-refractivity contribution is -0.0404. The summed E-state index contributed by atoms with van der Waals surface area (Å²) < 4.78 is 13.1. The molecular weight excluding hydrogens is 256 g/mol. The number of nitriles is 1. The van der Waals surface area contributed by atoms with Crippen LogP contribution < -0.4 is 4.74 Å². The van der Waals surface area contributed by atoms with E-state index in [0.29, 0.717) is 12.2 Å². The molecule has 2 aromatic heterocycles. The highest BCUT2D eigenvalue weighted by atomic mass is 16.5. The van der Waals surface area contributed by atoms with E-state index >= 15 is 0 Å². The topological polar surface area (TPSA) is 62.8 Å². The van der Waals surface area contributed by atoms with Crippen molar-refractivity contribution in [3.63, 3.8) is 0 Å². The number of morpholine rings is 1. The molecule has 20 heavy (non-hydrogen) atoms. The Balaban J connectivity index is 1.67. The van der Waals surface area contributed by atoms with Gasteiger partial charge in [0.15, 0.2) is 0 Å². The minimum Gasteiger partial charge on any atom is -0.489 e. The maximum absolute atomic E-state index is 8.94. The van der Waals surface area contributed by atoms with E-state index in [1.165, 1.54) is 0 Å². The van der Waals surface area contributed by atoms with E-state index in [-0.39, 0.29) is 6.10 Å². The Labute approximate surface area is 117 Å². The van der Waals surface area contributed by atoms with Gasteiger partial charge in [-0.15, -0.1) is 0 Å². The normalized spacial score (nSPS) is 19.9. The van der Waals surface area contributed by atoms with Gasteiger partial charge in [0.1, 0.15) is 24.5 Å². The van der Waals surface area contributed by atoms with E-state index in [0.717, 1.165) is 31.0 Å². The van der Waals surface area contributed by atoms with Crippen LogP contribution >= 0.6 is 0 Å². The smallest absolute Gasteiger partial charge is 0.137 e. The third kappa shape index (κ3) is 2.59. The Morgan fingerprint density at radius 3 is 3.25 bits per heavy atom. The van der Waals surface area contributed by atoms with Gasteiger partial charge in [0.25, 0.3) is 0 Å². The van der Waals surface area contributed by atoms with Crippen molar-refractivity contribution in [3.05, 3.63) is 30.1 Å². The van der Waals surface area contributed by atoms with Crippen molar-refractivity contribution in [1.29, 1.82) is 5.26 Å². The lowest BCUT2D eigenvalue weighted by Gasteiger charge is -2.29. The summed E-state index contributed by atoms with van der Waals surface area (Å²) in [5.74, 6) is 0.724. The molecule has 0 amide bonds. The van der Waals surface area contributed by atoms with Gasteiger partial charge in [-0.1, -0.05) is 0 Å². The van der Waals surface area contributed by atoms with Crippen LogP contribution in [0.15, 0.2) is 24.5 Å². The Kier molecular flexibility index (Phi) is 3.54. The number of nitrogens with zero attached hydrogens (tertiary/aromatic N) is 4. The molecule has 0 saturated carbocycles. The van der Waals surface area contributed by atoms with Crippen LogP contribution in [0.4, 0.5) is 0 Å². The third-order valence-corrected chi connectivity index (χ3v) is 3.39. The fourth-order valence-electron chi connectivity index (χ4n) is 2.29. The van der Waals surface area contributed by atoms with Crippen LogP contribution in [-0.2, 0) is 4.74 Å². The van der Waals surface area contributed by atoms with Crippen molar-refractivity contribution in [1.82, 2.24) is 14.5 Å². The van der Waals surface area contributed by atoms with Crippen molar-refractivity contribution in [2.75, 3.05) is 33.4 Å². The van der Waals surface area contributed by atoms with Gasteiger partial charge in [0, 0.05) is 13.1 Å². The third-order valence-electron chi connectivity index (χ3n) is 3.39. The number of fused-ring (bicyclic) bond motifs is 1. The predicted octanol–water partition coefficient (Wildman–Crippen LogP) is 0.915. The quantitative estimate of drug-likeness (QED) is 0.831. The molecule has 1 fully saturated rings. The van der Waals surface area contributed by atoms with Gasteiger partial charge >= 0.3 is 0 Å². The minimum atomic E-state index is 0.0942. The SMILES string of the molecule is CN1CCO[C@H](COc2ccc3c(C#N)cnn3c2)C1. The van der Waals surface area contributed by atoms with E-state index < -0.39 is 0 Å². The standard InChI is InChI=1S/C14H16N4O2/c1-17-4-5-19-13(8-17)10-20-12-2-3-14-11(6-15)7-16-18(14)9-12/h2-3,7,9,13H,4-5,8,10H2,1H3/t13-/m0/s1. The van der Waals surface area contributed by atoms with Crippen LogP contribution in [0.1, 0.15) is 5.56 Å². The first-order valence-corrected chi connectivity index (χ1v) is 6.56. The van der Waals surface area contributed by atoms with Crippen molar-refractivity contribution < 1.29 is 9.47 Å². The van der Waals surface area contributed by atoms with Gasteiger partial charge in [-0.3, -0.25) is 0 Å². The summed E-state index contributed by atoms with van der Waals surface area (Å²) in [5.41, 5.74) is 1.35. The second-order valence-corrected chi connectivity index (χ2v) is 4.93. The van der Waals surface area contributed by atoms with E-state index in [1.54, 1.807) is 16.9 Å². The monoisotopic (exact) mass is 272 g/mol. The fraction of sp³-hybridized carbons (Fsp3) is 0.429. The minimum absolute atomic E-state index is 0.0942. The molecule has 0 spiro atoms. The molecule has 0 N–H and O–H groups in total. The molecule has 3 heterocycles. The van der Waals surface area contributed by atoms with Crippen LogP contribution in [0.25, 0.3) is 5.52 Å².